The summed E-state index contributed by atoms with van der Waals surface area (Å²) in [5.41, 5.74) is 2.13. The van der Waals surface area contributed by atoms with Gasteiger partial charge in [0.1, 0.15) is 0 Å². The zero-order chi connectivity index (χ0) is 34.0. The first-order valence-electron chi connectivity index (χ1n) is 15.4. The molecule has 0 fully saturated rings. The normalized spacial score (nSPS) is 14.1. The first-order chi connectivity index (χ1) is 21.6. The number of anilines is 1. The van der Waals surface area contributed by atoms with E-state index in [2.05, 4.69) is 16.0 Å². The molecule has 0 aliphatic heterocycles. The molecule has 0 saturated heterocycles. The van der Waals surface area contributed by atoms with Gasteiger partial charge >= 0.3 is 0 Å². The highest BCUT2D eigenvalue weighted by atomic mass is 32.2. The van der Waals surface area contributed by atoms with Gasteiger partial charge in [-0.15, -0.1) is 0 Å². The molecule has 0 spiro atoms. The number of benzene rings is 3. The number of aliphatic hydroxyl groups is 1. The third kappa shape index (κ3) is 10.7. The van der Waals surface area contributed by atoms with Gasteiger partial charge in [-0.05, 0) is 55.0 Å². The number of rotatable bonds is 15. The Morgan fingerprint density at radius 1 is 0.804 bits per heavy atom. The quantitative estimate of drug-likeness (QED) is 0.192. The number of aliphatic hydroxyl groups excluding tert-OH is 1. The third-order valence-electron chi connectivity index (χ3n) is 7.81. The van der Waals surface area contributed by atoms with E-state index in [0.717, 1.165) is 21.7 Å². The van der Waals surface area contributed by atoms with Crippen LogP contribution in [-0.4, -0.2) is 56.7 Å². The Morgan fingerprint density at radius 3 is 1.89 bits per heavy atom. The lowest BCUT2D eigenvalue weighted by Crippen LogP contribution is -2.46. The maximum Gasteiger partial charge on any atom is 0.251 e. The van der Waals surface area contributed by atoms with Crippen LogP contribution in [0.4, 0.5) is 5.69 Å². The standard InChI is InChI=1S/C35H46N4O6S/c1-23(2)17-31(32(40)18-24(3)33(41)36-22-26-13-9-7-10-14-26)38-35(43)29-19-28(20-30(21-29)39(5)46(6,44)45)34(42)37-25(4)27-15-11-8-12-16-27/h7-16,19-21,23-25,31-32,40H,17-18,22H2,1-6H3,(H,36,41)(H,37,42)(H,38,43). The molecule has 46 heavy (non-hydrogen) atoms. The van der Waals surface area contributed by atoms with Crippen molar-refractivity contribution in [2.24, 2.45) is 11.8 Å². The SMILES string of the molecule is CC(C)CC(NC(=O)c1cc(C(=O)NC(C)c2ccccc2)cc(N(C)S(C)(=O)=O)c1)C(O)CC(C)C(=O)NCc1ccccc1. The summed E-state index contributed by atoms with van der Waals surface area (Å²) in [6.07, 6.45) is 0.527. The minimum Gasteiger partial charge on any atom is -0.391 e. The summed E-state index contributed by atoms with van der Waals surface area (Å²) >= 11 is 0. The van der Waals surface area contributed by atoms with E-state index in [1.165, 1.54) is 25.2 Å². The molecule has 248 valence electrons. The average Bonchev–Trinajstić information content (AvgIpc) is 3.02. The van der Waals surface area contributed by atoms with Gasteiger partial charge in [-0.1, -0.05) is 81.4 Å². The Hall–Kier alpha value is -4.22. The van der Waals surface area contributed by atoms with Gasteiger partial charge in [0.15, 0.2) is 0 Å². The van der Waals surface area contributed by atoms with Crippen molar-refractivity contribution in [3.05, 3.63) is 101 Å². The number of sulfonamides is 1. The molecule has 3 rings (SSSR count). The van der Waals surface area contributed by atoms with Crippen LogP contribution in [-0.2, 0) is 21.4 Å². The van der Waals surface area contributed by atoms with E-state index >= 15 is 0 Å². The first-order valence-corrected chi connectivity index (χ1v) is 17.3. The van der Waals surface area contributed by atoms with Crippen molar-refractivity contribution in [3.63, 3.8) is 0 Å². The number of nitrogens with zero attached hydrogens (tertiary/aromatic N) is 1. The van der Waals surface area contributed by atoms with Gasteiger partial charge in [-0.2, -0.15) is 0 Å². The van der Waals surface area contributed by atoms with E-state index < -0.39 is 39.9 Å². The summed E-state index contributed by atoms with van der Waals surface area (Å²) in [4.78, 5) is 39.8. The number of hydrogen-bond acceptors (Lipinski definition) is 6. The fraction of sp³-hybridized carbons (Fsp3) is 0.400. The average molecular weight is 651 g/mol. The molecule has 10 nitrogen and oxygen atoms in total. The van der Waals surface area contributed by atoms with Crippen LogP contribution < -0.4 is 20.3 Å². The molecule has 3 amide bonds. The number of nitrogens with one attached hydrogen (secondary N) is 3. The highest BCUT2D eigenvalue weighted by Gasteiger charge is 2.28. The molecule has 0 bridgehead atoms. The van der Waals surface area contributed by atoms with Gasteiger partial charge in [-0.3, -0.25) is 18.7 Å². The molecule has 0 aromatic heterocycles. The first kappa shape index (κ1) is 36.3. The molecule has 0 aliphatic carbocycles. The highest BCUT2D eigenvalue weighted by Crippen LogP contribution is 2.23. The van der Waals surface area contributed by atoms with Crippen LogP contribution in [0.1, 0.15) is 78.4 Å². The predicted molar refractivity (Wildman–Crippen MR) is 181 cm³/mol. The zero-order valence-corrected chi connectivity index (χ0v) is 28.2. The van der Waals surface area contributed by atoms with Crippen molar-refractivity contribution in [2.45, 2.75) is 65.3 Å². The molecule has 0 radical (unpaired) electrons. The second kappa shape index (κ2) is 16.4. The van der Waals surface area contributed by atoms with Crippen molar-refractivity contribution in [1.29, 1.82) is 0 Å². The minimum atomic E-state index is -3.71. The Kier molecular flexibility index (Phi) is 12.9. The Balaban J connectivity index is 1.81. The number of carbonyl (C=O) groups excluding carboxylic acids is 3. The molecular formula is C35H46N4O6S. The Labute approximate surface area is 272 Å². The summed E-state index contributed by atoms with van der Waals surface area (Å²) in [6, 6.07) is 22.0. The van der Waals surface area contributed by atoms with Crippen LogP contribution >= 0.6 is 0 Å². The van der Waals surface area contributed by atoms with E-state index in [9.17, 15) is 27.9 Å². The molecule has 3 aromatic rings. The summed E-state index contributed by atoms with van der Waals surface area (Å²) in [6.45, 7) is 7.84. The topological polar surface area (TPSA) is 145 Å². The molecule has 4 N–H and O–H groups in total. The van der Waals surface area contributed by atoms with Crippen LogP contribution in [0, 0.1) is 11.8 Å². The van der Waals surface area contributed by atoms with Gasteiger partial charge in [0.2, 0.25) is 15.9 Å². The lowest BCUT2D eigenvalue weighted by Gasteiger charge is -2.28. The van der Waals surface area contributed by atoms with E-state index in [0.29, 0.717) is 13.0 Å². The highest BCUT2D eigenvalue weighted by molar-refractivity contribution is 7.92. The lowest BCUT2D eigenvalue weighted by atomic mass is 9.92. The Bertz CT molecular complexity index is 1580. The smallest absolute Gasteiger partial charge is 0.251 e. The van der Waals surface area contributed by atoms with Gasteiger partial charge in [0.25, 0.3) is 11.8 Å². The van der Waals surface area contributed by atoms with Crippen molar-refractivity contribution in [1.82, 2.24) is 16.0 Å². The van der Waals surface area contributed by atoms with Gasteiger partial charge in [0, 0.05) is 30.6 Å². The minimum absolute atomic E-state index is 0.0557. The van der Waals surface area contributed by atoms with Crippen molar-refractivity contribution >= 4 is 33.4 Å². The van der Waals surface area contributed by atoms with Crippen LogP contribution in [0.3, 0.4) is 0 Å². The van der Waals surface area contributed by atoms with Crippen LogP contribution in [0.15, 0.2) is 78.9 Å². The largest absolute Gasteiger partial charge is 0.391 e. The molecule has 0 heterocycles. The molecule has 11 heteroatoms. The summed E-state index contributed by atoms with van der Waals surface area (Å²) in [7, 11) is -2.37. The number of amides is 3. The van der Waals surface area contributed by atoms with E-state index in [-0.39, 0.29) is 41.1 Å². The van der Waals surface area contributed by atoms with Crippen LogP contribution in [0.2, 0.25) is 0 Å². The summed E-state index contributed by atoms with van der Waals surface area (Å²) < 4.78 is 25.8. The maximum atomic E-state index is 13.7. The van der Waals surface area contributed by atoms with Crippen molar-refractivity contribution in [3.8, 4) is 0 Å². The van der Waals surface area contributed by atoms with E-state index in [1.807, 2.05) is 81.4 Å². The Morgan fingerprint density at radius 2 is 1.35 bits per heavy atom. The molecule has 0 aliphatic rings. The fourth-order valence-corrected chi connectivity index (χ4v) is 5.50. The fourth-order valence-electron chi connectivity index (χ4n) is 5.02. The van der Waals surface area contributed by atoms with E-state index in [1.54, 1.807) is 6.92 Å². The third-order valence-corrected chi connectivity index (χ3v) is 9.01. The molecule has 3 aromatic carbocycles. The van der Waals surface area contributed by atoms with Gasteiger partial charge in [-0.25, -0.2) is 8.42 Å². The molecule has 4 unspecified atom stereocenters. The summed E-state index contributed by atoms with van der Waals surface area (Å²) in [5.74, 6) is -1.71. The second-order valence-electron chi connectivity index (χ2n) is 12.2. The summed E-state index contributed by atoms with van der Waals surface area (Å²) in [5, 5.41) is 19.9. The number of hydrogen-bond donors (Lipinski definition) is 4. The molecule has 0 saturated carbocycles. The zero-order valence-electron chi connectivity index (χ0n) is 27.4. The van der Waals surface area contributed by atoms with Gasteiger partial charge < -0.3 is 21.1 Å². The van der Waals surface area contributed by atoms with Crippen molar-refractivity contribution < 1.29 is 27.9 Å². The second-order valence-corrected chi connectivity index (χ2v) is 14.2. The molecular weight excluding hydrogens is 604 g/mol. The van der Waals surface area contributed by atoms with Crippen LogP contribution in [0.25, 0.3) is 0 Å². The van der Waals surface area contributed by atoms with E-state index in [4.69, 9.17) is 0 Å². The van der Waals surface area contributed by atoms with Crippen LogP contribution in [0.5, 0.6) is 0 Å². The predicted octanol–water partition coefficient (Wildman–Crippen LogP) is 4.42. The maximum absolute atomic E-state index is 13.7. The van der Waals surface area contributed by atoms with Crippen molar-refractivity contribution in [2.75, 3.05) is 17.6 Å². The molecule has 4 atom stereocenters. The lowest BCUT2D eigenvalue weighted by molar-refractivity contribution is -0.125. The monoisotopic (exact) mass is 650 g/mol. The van der Waals surface area contributed by atoms with Gasteiger partial charge in [0.05, 0.1) is 30.1 Å². The number of carbonyl (C=O) groups is 3.